The molecule has 3 aromatic rings. The van der Waals surface area contributed by atoms with Gasteiger partial charge in [0.25, 0.3) is 5.91 Å². The minimum absolute atomic E-state index is 0.0149. The van der Waals surface area contributed by atoms with Gasteiger partial charge in [0.05, 0.1) is 6.61 Å². The summed E-state index contributed by atoms with van der Waals surface area (Å²) in [6.07, 6.45) is 0.946. The van der Waals surface area contributed by atoms with E-state index in [4.69, 9.17) is 4.74 Å². The number of rotatable bonds is 12. The maximum absolute atomic E-state index is 12.3. The van der Waals surface area contributed by atoms with Gasteiger partial charge in [0.2, 0.25) is 0 Å². The van der Waals surface area contributed by atoms with Crippen molar-refractivity contribution in [3.05, 3.63) is 90.0 Å². The molecule has 0 atom stereocenters. The second kappa shape index (κ2) is 12.9. The van der Waals surface area contributed by atoms with E-state index in [9.17, 15) is 4.79 Å². The second-order valence-electron chi connectivity index (χ2n) is 7.90. The molecule has 32 heavy (non-hydrogen) atoms. The van der Waals surface area contributed by atoms with E-state index >= 15 is 0 Å². The Morgan fingerprint density at radius 3 is 2.22 bits per heavy atom. The molecule has 1 N–H and O–H groups in total. The molecule has 1 amide bonds. The van der Waals surface area contributed by atoms with Crippen molar-refractivity contribution in [3.8, 4) is 16.9 Å². The predicted octanol–water partition coefficient (Wildman–Crippen LogP) is 5.35. The second-order valence-corrected chi connectivity index (χ2v) is 9.01. The first-order valence-electron chi connectivity index (χ1n) is 11.0. The monoisotopic (exact) mass is 448 g/mol. The highest BCUT2D eigenvalue weighted by Gasteiger charge is 2.06. The van der Waals surface area contributed by atoms with Gasteiger partial charge in [-0.1, -0.05) is 54.6 Å². The zero-order valence-electron chi connectivity index (χ0n) is 18.9. The van der Waals surface area contributed by atoms with Gasteiger partial charge in [-0.05, 0) is 68.0 Å². The highest BCUT2D eigenvalue weighted by atomic mass is 32.2. The minimum atomic E-state index is -0.0149. The van der Waals surface area contributed by atoms with Crippen LogP contribution in [0.4, 0.5) is 0 Å². The molecule has 0 spiro atoms. The fourth-order valence-corrected chi connectivity index (χ4v) is 4.01. The van der Waals surface area contributed by atoms with E-state index in [2.05, 4.69) is 34.5 Å². The van der Waals surface area contributed by atoms with Crippen molar-refractivity contribution in [1.29, 1.82) is 0 Å². The van der Waals surface area contributed by atoms with Crippen LogP contribution in [0.25, 0.3) is 11.1 Å². The third kappa shape index (κ3) is 8.06. The summed E-state index contributed by atoms with van der Waals surface area (Å²) in [5, 5.41) is 2.98. The Kier molecular flexibility index (Phi) is 9.66. The van der Waals surface area contributed by atoms with Crippen LogP contribution in [0.15, 0.2) is 78.9 Å². The fraction of sp³-hybridized carbons (Fsp3) is 0.296. The van der Waals surface area contributed by atoms with Crippen molar-refractivity contribution in [2.45, 2.75) is 12.2 Å². The Bertz CT molecular complexity index is 942. The number of thioether (sulfide) groups is 1. The number of nitrogens with one attached hydrogen (secondary N) is 1. The first-order chi connectivity index (χ1) is 15.6. The van der Waals surface area contributed by atoms with E-state index in [1.165, 1.54) is 5.56 Å². The molecule has 0 aromatic heterocycles. The normalized spacial score (nSPS) is 10.8. The molecule has 0 heterocycles. The van der Waals surface area contributed by atoms with E-state index in [0.29, 0.717) is 18.7 Å². The number of hydrogen-bond donors (Lipinski definition) is 1. The van der Waals surface area contributed by atoms with Gasteiger partial charge >= 0.3 is 0 Å². The molecule has 168 valence electrons. The highest BCUT2D eigenvalue weighted by Crippen LogP contribution is 2.22. The van der Waals surface area contributed by atoms with Crippen LogP contribution in [0.3, 0.4) is 0 Å². The average Bonchev–Trinajstić information content (AvgIpc) is 2.82. The number of carbonyl (C=O) groups excluding carboxylic acids is 1. The number of carbonyl (C=O) groups is 1. The van der Waals surface area contributed by atoms with Crippen molar-refractivity contribution in [1.82, 2.24) is 10.2 Å². The minimum Gasteiger partial charge on any atom is -0.493 e. The number of hydrogen-bond acceptors (Lipinski definition) is 4. The molecule has 0 bridgehead atoms. The van der Waals surface area contributed by atoms with Crippen molar-refractivity contribution in [3.63, 3.8) is 0 Å². The molecule has 0 unspecified atom stereocenters. The molecular weight excluding hydrogens is 416 g/mol. The molecule has 0 saturated heterocycles. The highest BCUT2D eigenvalue weighted by molar-refractivity contribution is 7.98. The Hall–Kier alpha value is -2.76. The van der Waals surface area contributed by atoms with E-state index < -0.39 is 0 Å². The molecule has 0 aliphatic heterocycles. The van der Waals surface area contributed by atoms with E-state index in [1.54, 1.807) is 0 Å². The summed E-state index contributed by atoms with van der Waals surface area (Å²) >= 11 is 1.87. The average molecular weight is 449 g/mol. The van der Waals surface area contributed by atoms with Crippen LogP contribution < -0.4 is 10.1 Å². The molecule has 3 rings (SSSR count). The molecule has 3 aromatic carbocycles. The molecule has 4 nitrogen and oxygen atoms in total. The standard InChI is InChI=1S/C27H32N2O2S/c1-29(2)18-6-17-28-27(30)25-15-13-24(14-16-25)23-11-9-22(10-12-23)21-32-20-19-31-26-7-4-3-5-8-26/h3-5,7-16H,6,17-21H2,1-2H3,(H,28,30). The maximum atomic E-state index is 12.3. The SMILES string of the molecule is CN(C)CCCNC(=O)c1ccc(-c2ccc(CSCCOc3ccccc3)cc2)cc1. The lowest BCUT2D eigenvalue weighted by atomic mass is 10.0. The van der Waals surface area contributed by atoms with E-state index in [1.807, 2.05) is 80.5 Å². The van der Waals surface area contributed by atoms with Crippen LogP contribution in [0.1, 0.15) is 22.3 Å². The van der Waals surface area contributed by atoms with Gasteiger partial charge in [0.15, 0.2) is 0 Å². The molecule has 5 heteroatoms. The van der Waals surface area contributed by atoms with Crippen molar-refractivity contribution >= 4 is 17.7 Å². The van der Waals surface area contributed by atoms with Gasteiger partial charge in [-0.3, -0.25) is 4.79 Å². The molecule has 0 aliphatic rings. The Morgan fingerprint density at radius 1 is 0.906 bits per heavy atom. The van der Waals surface area contributed by atoms with Crippen LogP contribution in [-0.4, -0.2) is 50.4 Å². The lowest BCUT2D eigenvalue weighted by Crippen LogP contribution is -2.27. The first-order valence-corrected chi connectivity index (χ1v) is 12.2. The number of para-hydroxylation sites is 1. The van der Waals surface area contributed by atoms with Crippen LogP contribution in [-0.2, 0) is 5.75 Å². The zero-order chi connectivity index (χ0) is 22.6. The van der Waals surface area contributed by atoms with Gasteiger partial charge in [0.1, 0.15) is 5.75 Å². The van der Waals surface area contributed by atoms with Crippen molar-refractivity contribution in [2.75, 3.05) is 39.5 Å². The third-order valence-corrected chi connectivity index (χ3v) is 6.00. The van der Waals surface area contributed by atoms with E-state index in [-0.39, 0.29) is 5.91 Å². The summed E-state index contributed by atoms with van der Waals surface area (Å²) in [7, 11) is 4.07. The van der Waals surface area contributed by atoms with E-state index in [0.717, 1.165) is 41.3 Å². The molecular formula is C27H32N2O2S. The van der Waals surface area contributed by atoms with Crippen molar-refractivity contribution in [2.24, 2.45) is 0 Å². The summed E-state index contributed by atoms with van der Waals surface area (Å²) in [5.74, 6) is 2.82. The lowest BCUT2D eigenvalue weighted by Gasteiger charge is -2.10. The van der Waals surface area contributed by atoms with Gasteiger partial charge in [-0.25, -0.2) is 0 Å². The molecule has 0 fully saturated rings. The number of benzene rings is 3. The lowest BCUT2D eigenvalue weighted by molar-refractivity contribution is 0.0952. The molecule has 0 aliphatic carbocycles. The van der Waals surface area contributed by atoms with Gasteiger partial charge in [-0.15, -0.1) is 0 Å². The van der Waals surface area contributed by atoms with Crippen LogP contribution in [0.5, 0.6) is 5.75 Å². The fourth-order valence-electron chi connectivity index (χ4n) is 3.23. The molecule has 0 radical (unpaired) electrons. The summed E-state index contributed by atoms with van der Waals surface area (Å²) in [6, 6.07) is 26.4. The van der Waals surface area contributed by atoms with Gasteiger partial charge < -0.3 is 15.0 Å². The predicted molar refractivity (Wildman–Crippen MR) is 135 cm³/mol. The topological polar surface area (TPSA) is 41.6 Å². The van der Waals surface area contributed by atoms with Gasteiger partial charge in [-0.2, -0.15) is 11.8 Å². The number of nitrogens with zero attached hydrogens (tertiary/aromatic N) is 1. The third-order valence-electron chi connectivity index (χ3n) is 5.01. The largest absolute Gasteiger partial charge is 0.493 e. The Morgan fingerprint density at radius 2 is 1.56 bits per heavy atom. The smallest absolute Gasteiger partial charge is 0.251 e. The van der Waals surface area contributed by atoms with Crippen LogP contribution in [0, 0.1) is 0 Å². The van der Waals surface area contributed by atoms with Crippen molar-refractivity contribution < 1.29 is 9.53 Å². The quantitative estimate of drug-likeness (QED) is 0.379. The first kappa shape index (κ1) is 23.9. The molecule has 0 saturated carbocycles. The van der Waals surface area contributed by atoms with Gasteiger partial charge in [0, 0.05) is 23.6 Å². The zero-order valence-corrected chi connectivity index (χ0v) is 19.7. The van der Waals surface area contributed by atoms with Crippen LogP contribution >= 0.6 is 11.8 Å². The summed E-state index contributed by atoms with van der Waals surface area (Å²) in [6.45, 7) is 2.37. The number of ether oxygens (including phenoxy) is 1. The summed E-state index contributed by atoms with van der Waals surface area (Å²) < 4.78 is 5.73. The number of amides is 1. The van der Waals surface area contributed by atoms with Crippen LogP contribution in [0.2, 0.25) is 0 Å². The summed E-state index contributed by atoms with van der Waals surface area (Å²) in [4.78, 5) is 14.4. The Labute approximate surface area is 196 Å². The Balaban J connectivity index is 1.41. The summed E-state index contributed by atoms with van der Waals surface area (Å²) in [5.41, 5.74) is 4.27. The maximum Gasteiger partial charge on any atom is 0.251 e.